The molecule has 0 spiro atoms. The lowest BCUT2D eigenvalue weighted by Gasteiger charge is -2.28. The first-order valence-corrected chi connectivity index (χ1v) is 5.20. The first-order valence-electron chi connectivity index (χ1n) is 5.20. The number of para-hydroxylation sites is 2. The molecule has 1 aromatic rings. The molecule has 4 nitrogen and oxygen atoms in total. The molecule has 98 valence electrons. The van der Waals surface area contributed by atoms with Gasteiger partial charge in [0.15, 0.2) is 5.75 Å². The molecule has 1 amide bonds. The van der Waals surface area contributed by atoms with Crippen molar-refractivity contribution in [3.8, 4) is 5.75 Å². The Morgan fingerprint density at radius 1 is 1.28 bits per heavy atom. The molecule has 0 radical (unpaired) electrons. The van der Waals surface area contributed by atoms with E-state index >= 15 is 0 Å². The zero-order valence-electron chi connectivity index (χ0n) is 9.24. The molecule has 1 aliphatic rings. The van der Waals surface area contributed by atoms with E-state index in [-0.39, 0.29) is 37.1 Å². The molecule has 1 heterocycles. The van der Waals surface area contributed by atoms with Crippen molar-refractivity contribution >= 4 is 11.6 Å². The summed E-state index contributed by atoms with van der Waals surface area (Å²) in [5, 5.41) is 0. The molecular formula is C11H10F3NO3. The minimum atomic E-state index is -4.79. The molecule has 0 saturated carbocycles. The lowest BCUT2D eigenvalue weighted by molar-refractivity contribution is -0.274. The van der Waals surface area contributed by atoms with Gasteiger partial charge in [0.2, 0.25) is 0 Å². The van der Waals surface area contributed by atoms with Gasteiger partial charge in [-0.2, -0.15) is 0 Å². The Bertz CT molecular complexity index is 447. The van der Waals surface area contributed by atoms with Gasteiger partial charge in [-0.3, -0.25) is 4.79 Å². The summed E-state index contributed by atoms with van der Waals surface area (Å²) in [5.41, 5.74) is 0.100. The molecule has 0 N–H and O–H groups in total. The molecule has 1 aromatic carbocycles. The van der Waals surface area contributed by atoms with Gasteiger partial charge in [-0.25, -0.2) is 0 Å². The molecule has 1 saturated heterocycles. The van der Waals surface area contributed by atoms with E-state index in [0.29, 0.717) is 0 Å². The van der Waals surface area contributed by atoms with Crippen LogP contribution >= 0.6 is 0 Å². The molecule has 1 aliphatic heterocycles. The zero-order valence-corrected chi connectivity index (χ0v) is 9.24. The van der Waals surface area contributed by atoms with Crippen LogP contribution in [0.2, 0.25) is 0 Å². The number of hydrogen-bond donors (Lipinski definition) is 0. The topological polar surface area (TPSA) is 38.8 Å². The molecule has 0 unspecified atom stereocenters. The number of carbonyl (C=O) groups excluding carboxylic acids is 1. The maximum atomic E-state index is 12.2. The van der Waals surface area contributed by atoms with Crippen molar-refractivity contribution in [3.05, 3.63) is 24.3 Å². The number of ether oxygens (including phenoxy) is 2. The van der Waals surface area contributed by atoms with Crippen LogP contribution in [0.25, 0.3) is 0 Å². The number of benzene rings is 1. The van der Waals surface area contributed by atoms with Crippen LogP contribution in [0.5, 0.6) is 5.75 Å². The van der Waals surface area contributed by atoms with Crippen LogP contribution < -0.4 is 9.64 Å². The smallest absolute Gasteiger partial charge is 0.404 e. The number of nitrogens with zero attached hydrogens (tertiary/aromatic N) is 1. The standard InChI is InChI=1S/C11H10F3NO3/c12-11(13,14)18-9-4-2-1-3-8(9)15-5-6-17-7-10(15)16/h1-4H,5-7H2. The van der Waals surface area contributed by atoms with Crippen LogP contribution in [0, 0.1) is 0 Å². The number of rotatable bonds is 2. The summed E-state index contributed by atoms with van der Waals surface area (Å²) < 4.78 is 45.5. The fourth-order valence-electron chi connectivity index (χ4n) is 1.66. The van der Waals surface area contributed by atoms with Gasteiger partial charge in [-0.1, -0.05) is 12.1 Å². The fourth-order valence-corrected chi connectivity index (χ4v) is 1.66. The first kappa shape index (κ1) is 12.7. The van der Waals surface area contributed by atoms with Gasteiger partial charge in [-0.15, -0.1) is 13.2 Å². The van der Waals surface area contributed by atoms with Crippen LogP contribution in [0.4, 0.5) is 18.9 Å². The number of anilines is 1. The van der Waals surface area contributed by atoms with E-state index in [0.717, 1.165) is 0 Å². The van der Waals surface area contributed by atoms with Crippen molar-refractivity contribution in [1.82, 2.24) is 0 Å². The van der Waals surface area contributed by atoms with Crippen molar-refractivity contribution in [2.24, 2.45) is 0 Å². The van der Waals surface area contributed by atoms with E-state index in [9.17, 15) is 18.0 Å². The van der Waals surface area contributed by atoms with Crippen LogP contribution in [0.1, 0.15) is 0 Å². The maximum absolute atomic E-state index is 12.2. The van der Waals surface area contributed by atoms with Gasteiger partial charge in [0.05, 0.1) is 12.3 Å². The molecule has 1 fully saturated rings. The Kier molecular flexibility index (Phi) is 3.42. The van der Waals surface area contributed by atoms with E-state index in [4.69, 9.17) is 4.74 Å². The molecule has 0 aliphatic carbocycles. The van der Waals surface area contributed by atoms with Gasteiger partial charge in [0, 0.05) is 6.54 Å². The van der Waals surface area contributed by atoms with Crippen LogP contribution in [-0.2, 0) is 9.53 Å². The van der Waals surface area contributed by atoms with E-state index in [1.807, 2.05) is 0 Å². The van der Waals surface area contributed by atoms with Gasteiger partial charge in [-0.05, 0) is 12.1 Å². The van der Waals surface area contributed by atoms with E-state index in [1.165, 1.54) is 23.1 Å². The molecule has 7 heteroatoms. The zero-order chi connectivity index (χ0) is 13.2. The van der Waals surface area contributed by atoms with Gasteiger partial charge in [0.1, 0.15) is 6.61 Å². The van der Waals surface area contributed by atoms with Crippen molar-refractivity contribution in [2.75, 3.05) is 24.7 Å². The normalized spacial score (nSPS) is 16.8. The second-order valence-electron chi connectivity index (χ2n) is 3.61. The van der Waals surface area contributed by atoms with Gasteiger partial charge >= 0.3 is 6.36 Å². The summed E-state index contributed by atoms with van der Waals surface area (Å²) >= 11 is 0. The lowest BCUT2D eigenvalue weighted by atomic mass is 10.2. The highest BCUT2D eigenvalue weighted by molar-refractivity contribution is 5.96. The van der Waals surface area contributed by atoms with Crippen molar-refractivity contribution < 1.29 is 27.4 Å². The monoisotopic (exact) mass is 261 g/mol. The molecule has 2 rings (SSSR count). The maximum Gasteiger partial charge on any atom is 0.573 e. The number of halogens is 3. The quantitative estimate of drug-likeness (QED) is 0.816. The molecule has 0 atom stereocenters. The SMILES string of the molecule is O=C1COCCN1c1ccccc1OC(F)(F)F. The summed E-state index contributed by atoms with van der Waals surface area (Å²) in [6.07, 6.45) is -4.79. The Morgan fingerprint density at radius 3 is 2.67 bits per heavy atom. The second kappa shape index (κ2) is 4.85. The van der Waals surface area contributed by atoms with Crippen LogP contribution in [0.15, 0.2) is 24.3 Å². The van der Waals surface area contributed by atoms with Crippen molar-refractivity contribution in [3.63, 3.8) is 0 Å². The number of carbonyl (C=O) groups is 1. The first-order chi connectivity index (χ1) is 8.47. The summed E-state index contributed by atoms with van der Waals surface area (Å²) in [7, 11) is 0. The van der Waals surface area contributed by atoms with Gasteiger partial charge < -0.3 is 14.4 Å². The molecule has 0 bridgehead atoms. The number of amides is 1. The van der Waals surface area contributed by atoms with Crippen molar-refractivity contribution in [2.45, 2.75) is 6.36 Å². The summed E-state index contributed by atoms with van der Waals surface area (Å²) in [6, 6.07) is 5.53. The van der Waals surface area contributed by atoms with E-state index in [2.05, 4.69) is 4.74 Å². The van der Waals surface area contributed by atoms with Gasteiger partial charge in [0.25, 0.3) is 5.91 Å². The van der Waals surface area contributed by atoms with Crippen molar-refractivity contribution in [1.29, 1.82) is 0 Å². The number of morpholine rings is 1. The summed E-state index contributed by atoms with van der Waals surface area (Å²) in [5.74, 6) is -0.778. The van der Waals surface area contributed by atoms with E-state index in [1.54, 1.807) is 6.07 Å². The third-order valence-electron chi connectivity index (χ3n) is 2.37. The minimum absolute atomic E-state index is 0.100. The van der Waals surface area contributed by atoms with Crippen LogP contribution in [-0.4, -0.2) is 32.0 Å². The highest BCUT2D eigenvalue weighted by Crippen LogP contribution is 2.33. The Morgan fingerprint density at radius 2 is 2.00 bits per heavy atom. The molecule has 0 aromatic heterocycles. The number of hydrogen-bond acceptors (Lipinski definition) is 3. The average Bonchev–Trinajstić information content (AvgIpc) is 2.29. The highest BCUT2D eigenvalue weighted by atomic mass is 19.4. The summed E-state index contributed by atoms with van der Waals surface area (Å²) in [6.45, 7) is 0.351. The third-order valence-corrected chi connectivity index (χ3v) is 2.37. The van der Waals surface area contributed by atoms with E-state index < -0.39 is 6.36 Å². The lowest BCUT2D eigenvalue weighted by Crippen LogP contribution is -2.42. The molecular weight excluding hydrogens is 251 g/mol. The number of alkyl halides is 3. The highest BCUT2D eigenvalue weighted by Gasteiger charge is 2.33. The van der Waals surface area contributed by atoms with Crippen LogP contribution in [0.3, 0.4) is 0 Å². The predicted octanol–water partition coefficient (Wildman–Crippen LogP) is 1.95. The third kappa shape index (κ3) is 2.92. The second-order valence-corrected chi connectivity index (χ2v) is 3.61. The Hall–Kier alpha value is -1.76. The Labute approximate surface area is 101 Å². The summed E-state index contributed by atoms with van der Waals surface area (Å²) in [4.78, 5) is 12.8. The fraction of sp³-hybridized carbons (Fsp3) is 0.364. The average molecular weight is 261 g/mol. The Balaban J connectivity index is 2.29. The largest absolute Gasteiger partial charge is 0.573 e. The minimum Gasteiger partial charge on any atom is -0.404 e. The predicted molar refractivity (Wildman–Crippen MR) is 56.3 cm³/mol. The molecule has 18 heavy (non-hydrogen) atoms.